The summed E-state index contributed by atoms with van der Waals surface area (Å²) in [5.41, 5.74) is 2.71. The van der Waals surface area contributed by atoms with Crippen LogP contribution in [0.25, 0.3) is 0 Å². The van der Waals surface area contributed by atoms with E-state index < -0.39 is 0 Å². The Labute approximate surface area is 111 Å². The third kappa shape index (κ3) is 4.43. The molecule has 1 aliphatic heterocycles. The van der Waals surface area contributed by atoms with Gasteiger partial charge >= 0.3 is 0 Å². The maximum absolute atomic E-state index is 3.62. The van der Waals surface area contributed by atoms with Crippen molar-refractivity contribution in [2.45, 2.75) is 45.7 Å². The lowest BCUT2D eigenvalue weighted by Gasteiger charge is -2.29. The van der Waals surface area contributed by atoms with Crippen LogP contribution in [0.5, 0.6) is 0 Å². The van der Waals surface area contributed by atoms with Gasteiger partial charge < -0.3 is 10.2 Å². The molecular weight excluding hydrogens is 220 g/mol. The van der Waals surface area contributed by atoms with Crippen LogP contribution in [0.2, 0.25) is 0 Å². The summed E-state index contributed by atoms with van der Waals surface area (Å²) in [6, 6.07) is 9.38. The minimum Gasteiger partial charge on any atom is -0.309 e. The Bertz CT molecular complexity index is 339. The molecule has 1 fully saturated rings. The van der Waals surface area contributed by atoms with E-state index in [0.717, 1.165) is 6.54 Å². The molecule has 1 aromatic rings. The Morgan fingerprint density at radius 3 is 2.44 bits per heavy atom. The molecule has 2 rings (SSSR count). The quantitative estimate of drug-likeness (QED) is 0.859. The first-order chi connectivity index (χ1) is 8.74. The molecule has 0 bridgehead atoms. The number of nitrogens with one attached hydrogen (secondary N) is 1. The van der Waals surface area contributed by atoms with Crippen LogP contribution >= 0.6 is 0 Å². The van der Waals surface area contributed by atoms with Gasteiger partial charge in [0.25, 0.3) is 0 Å². The van der Waals surface area contributed by atoms with Crippen molar-refractivity contribution in [1.82, 2.24) is 10.2 Å². The Morgan fingerprint density at radius 2 is 1.78 bits per heavy atom. The molecule has 1 aromatic carbocycles. The minimum absolute atomic E-state index is 0.574. The second-order valence-corrected chi connectivity index (χ2v) is 5.63. The van der Waals surface area contributed by atoms with Crippen molar-refractivity contribution < 1.29 is 0 Å². The minimum atomic E-state index is 0.574. The van der Waals surface area contributed by atoms with E-state index in [1.807, 2.05) is 0 Å². The van der Waals surface area contributed by atoms with E-state index in [-0.39, 0.29) is 0 Å². The fraction of sp³-hybridized carbons (Fsp3) is 0.625. The van der Waals surface area contributed by atoms with Gasteiger partial charge in [0.05, 0.1) is 0 Å². The molecule has 0 spiro atoms. The summed E-state index contributed by atoms with van der Waals surface area (Å²) < 4.78 is 0. The van der Waals surface area contributed by atoms with E-state index in [0.29, 0.717) is 6.04 Å². The topological polar surface area (TPSA) is 15.3 Å². The van der Waals surface area contributed by atoms with E-state index in [2.05, 4.69) is 48.3 Å². The van der Waals surface area contributed by atoms with Crippen molar-refractivity contribution in [3.05, 3.63) is 35.4 Å². The number of piperidine rings is 1. The summed E-state index contributed by atoms with van der Waals surface area (Å²) >= 11 is 0. The molecule has 1 aliphatic rings. The molecule has 2 nitrogen and oxygen atoms in total. The van der Waals surface area contributed by atoms with Crippen LogP contribution in [0.1, 0.15) is 37.3 Å². The summed E-state index contributed by atoms with van der Waals surface area (Å²) in [4.78, 5) is 2.59. The van der Waals surface area contributed by atoms with Crippen LogP contribution in [0.4, 0.5) is 0 Å². The molecular formula is C16H26N2. The van der Waals surface area contributed by atoms with Gasteiger partial charge in [0.2, 0.25) is 0 Å². The zero-order chi connectivity index (χ0) is 12.8. The lowest BCUT2D eigenvalue weighted by atomic mass is 10.1. The van der Waals surface area contributed by atoms with E-state index in [1.54, 1.807) is 0 Å². The van der Waals surface area contributed by atoms with Gasteiger partial charge in [-0.05, 0) is 45.3 Å². The molecule has 0 radical (unpaired) electrons. The van der Waals surface area contributed by atoms with Crippen molar-refractivity contribution in [3.63, 3.8) is 0 Å². The van der Waals surface area contributed by atoms with Crippen LogP contribution in [0.3, 0.4) is 0 Å². The maximum Gasteiger partial charge on any atom is 0.0208 e. The summed E-state index contributed by atoms with van der Waals surface area (Å²) in [5, 5.41) is 3.62. The summed E-state index contributed by atoms with van der Waals surface area (Å²) in [5.74, 6) is 0. The summed E-state index contributed by atoms with van der Waals surface area (Å²) in [7, 11) is 0. The van der Waals surface area contributed by atoms with Gasteiger partial charge in [-0.3, -0.25) is 0 Å². The van der Waals surface area contributed by atoms with E-state index >= 15 is 0 Å². The molecule has 2 heteroatoms. The molecule has 0 aliphatic carbocycles. The zero-order valence-corrected chi connectivity index (χ0v) is 11.8. The van der Waals surface area contributed by atoms with Crippen molar-refractivity contribution in [2.75, 3.05) is 19.6 Å². The SMILES string of the molecule is Cc1ccc(CN[C@@H](C)CN2CCCCC2)cc1. The third-order valence-corrected chi connectivity index (χ3v) is 3.76. The largest absolute Gasteiger partial charge is 0.309 e. The fourth-order valence-corrected chi connectivity index (χ4v) is 2.59. The van der Waals surface area contributed by atoms with Crippen LogP contribution < -0.4 is 5.32 Å². The molecule has 1 heterocycles. The van der Waals surface area contributed by atoms with E-state index in [9.17, 15) is 0 Å². The molecule has 100 valence electrons. The first-order valence-corrected chi connectivity index (χ1v) is 7.25. The van der Waals surface area contributed by atoms with Crippen LogP contribution in [0.15, 0.2) is 24.3 Å². The number of hydrogen-bond acceptors (Lipinski definition) is 2. The standard InChI is InChI=1S/C16H26N2/c1-14-6-8-16(9-7-14)12-17-15(2)13-18-10-4-3-5-11-18/h6-9,15,17H,3-5,10-13H2,1-2H3/t15-/m0/s1. The van der Waals surface area contributed by atoms with Gasteiger partial charge in [-0.15, -0.1) is 0 Å². The van der Waals surface area contributed by atoms with Gasteiger partial charge in [-0.25, -0.2) is 0 Å². The van der Waals surface area contributed by atoms with Gasteiger partial charge in [0, 0.05) is 19.1 Å². The number of rotatable bonds is 5. The Kier molecular flexibility index (Phi) is 5.21. The second kappa shape index (κ2) is 6.91. The number of aryl methyl sites for hydroxylation is 1. The van der Waals surface area contributed by atoms with E-state index in [1.165, 1.54) is 50.0 Å². The van der Waals surface area contributed by atoms with E-state index in [4.69, 9.17) is 0 Å². The van der Waals surface area contributed by atoms with Gasteiger partial charge in [-0.2, -0.15) is 0 Å². The van der Waals surface area contributed by atoms with Crippen molar-refractivity contribution >= 4 is 0 Å². The summed E-state index contributed by atoms with van der Waals surface area (Å²) in [6.07, 6.45) is 4.18. The normalized spacial score (nSPS) is 18.8. The number of hydrogen-bond donors (Lipinski definition) is 1. The highest BCUT2D eigenvalue weighted by molar-refractivity contribution is 5.21. The molecule has 0 amide bonds. The average Bonchev–Trinajstić information content (AvgIpc) is 2.39. The van der Waals surface area contributed by atoms with Gasteiger partial charge in [-0.1, -0.05) is 36.2 Å². The Morgan fingerprint density at radius 1 is 1.11 bits per heavy atom. The number of likely N-dealkylation sites (tertiary alicyclic amines) is 1. The zero-order valence-electron chi connectivity index (χ0n) is 11.8. The number of benzene rings is 1. The molecule has 1 atom stereocenters. The first-order valence-electron chi connectivity index (χ1n) is 7.25. The maximum atomic E-state index is 3.62. The highest BCUT2D eigenvalue weighted by Crippen LogP contribution is 2.09. The molecule has 18 heavy (non-hydrogen) atoms. The van der Waals surface area contributed by atoms with Gasteiger partial charge in [0.1, 0.15) is 0 Å². The third-order valence-electron chi connectivity index (χ3n) is 3.76. The lowest BCUT2D eigenvalue weighted by Crippen LogP contribution is -2.41. The van der Waals surface area contributed by atoms with Crippen molar-refractivity contribution in [1.29, 1.82) is 0 Å². The Balaban J connectivity index is 1.70. The second-order valence-electron chi connectivity index (χ2n) is 5.63. The lowest BCUT2D eigenvalue weighted by molar-refractivity contribution is 0.209. The molecule has 0 unspecified atom stereocenters. The highest BCUT2D eigenvalue weighted by atomic mass is 15.1. The summed E-state index contributed by atoms with van der Waals surface area (Å²) in [6.45, 7) is 9.17. The van der Waals surface area contributed by atoms with Crippen LogP contribution in [-0.2, 0) is 6.54 Å². The Hall–Kier alpha value is -0.860. The van der Waals surface area contributed by atoms with Crippen LogP contribution in [0, 0.1) is 6.92 Å². The monoisotopic (exact) mass is 246 g/mol. The predicted octanol–water partition coefficient (Wildman–Crippen LogP) is 2.96. The average molecular weight is 246 g/mol. The van der Waals surface area contributed by atoms with Crippen molar-refractivity contribution in [3.8, 4) is 0 Å². The molecule has 1 saturated heterocycles. The highest BCUT2D eigenvalue weighted by Gasteiger charge is 2.12. The van der Waals surface area contributed by atoms with Crippen molar-refractivity contribution in [2.24, 2.45) is 0 Å². The predicted molar refractivity (Wildman–Crippen MR) is 77.8 cm³/mol. The first kappa shape index (κ1) is 13.6. The fourth-order valence-electron chi connectivity index (χ4n) is 2.59. The van der Waals surface area contributed by atoms with Crippen LogP contribution in [-0.4, -0.2) is 30.6 Å². The van der Waals surface area contributed by atoms with Gasteiger partial charge in [0.15, 0.2) is 0 Å². The smallest absolute Gasteiger partial charge is 0.0208 e. The molecule has 1 N–H and O–H groups in total. The molecule has 0 aromatic heterocycles. The molecule has 0 saturated carbocycles. The number of nitrogens with zero attached hydrogens (tertiary/aromatic N) is 1.